The molecule has 2 aromatic carbocycles. The Kier molecular flexibility index (Phi) is 5.30. The Morgan fingerprint density at radius 1 is 0.739 bits per heavy atom. The molecule has 0 unspecified atom stereocenters. The van der Waals surface area contributed by atoms with Gasteiger partial charge in [0.25, 0.3) is 0 Å². The lowest BCUT2D eigenvalue weighted by Crippen LogP contribution is -2.03. The quantitative estimate of drug-likeness (QED) is 0.501. The van der Waals surface area contributed by atoms with Crippen LogP contribution in [0.25, 0.3) is 0 Å². The standard InChI is InChI=1S/C18H15NO4/c1-3-17(20)22-15-9-5-13(6-10-15)19-14-7-11-16(12-8-14)23-18(21)4-2/h3-12,19H,1-2H2. The van der Waals surface area contributed by atoms with E-state index in [9.17, 15) is 9.59 Å². The number of rotatable bonds is 6. The van der Waals surface area contributed by atoms with Gasteiger partial charge in [-0.1, -0.05) is 13.2 Å². The third kappa shape index (κ3) is 4.86. The zero-order chi connectivity index (χ0) is 16.7. The summed E-state index contributed by atoms with van der Waals surface area (Å²) < 4.78 is 9.98. The molecule has 5 nitrogen and oxygen atoms in total. The topological polar surface area (TPSA) is 64.6 Å². The second-order valence-corrected chi connectivity index (χ2v) is 4.42. The lowest BCUT2D eigenvalue weighted by atomic mass is 10.2. The van der Waals surface area contributed by atoms with Gasteiger partial charge in [-0.15, -0.1) is 0 Å². The van der Waals surface area contributed by atoms with Gasteiger partial charge >= 0.3 is 11.9 Å². The summed E-state index contributed by atoms with van der Waals surface area (Å²) in [5.41, 5.74) is 1.64. The van der Waals surface area contributed by atoms with Gasteiger partial charge in [-0.05, 0) is 48.5 Å². The van der Waals surface area contributed by atoms with Gasteiger partial charge in [-0.2, -0.15) is 0 Å². The third-order valence-electron chi connectivity index (χ3n) is 2.77. The van der Waals surface area contributed by atoms with E-state index in [1.54, 1.807) is 48.5 Å². The SMILES string of the molecule is C=CC(=O)Oc1ccc(Nc2ccc(OC(=O)C=C)cc2)cc1. The lowest BCUT2D eigenvalue weighted by molar-refractivity contribution is -0.129. The minimum Gasteiger partial charge on any atom is -0.423 e. The number of carbonyl (C=O) groups is 2. The van der Waals surface area contributed by atoms with Gasteiger partial charge in [0.2, 0.25) is 0 Å². The summed E-state index contributed by atoms with van der Waals surface area (Å²) in [6.45, 7) is 6.67. The zero-order valence-electron chi connectivity index (χ0n) is 12.3. The average Bonchev–Trinajstić information content (AvgIpc) is 2.58. The van der Waals surface area contributed by atoms with Crippen molar-refractivity contribution in [2.24, 2.45) is 0 Å². The molecule has 23 heavy (non-hydrogen) atoms. The summed E-state index contributed by atoms with van der Waals surface area (Å²) in [4.78, 5) is 22.2. The van der Waals surface area contributed by atoms with E-state index in [0.29, 0.717) is 11.5 Å². The Balaban J connectivity index is 1.99. The molecule has 2 aromatic rings. The van der Waals surface area contributed by atoms with Crippen LogP contribution in [0.15, 0.2) is 73.8 Å². The molecule has 0 heterocycles. The van der Waals surface area contributed by atoms with Crippen LogP contribution in [-0.2, 0) is 9.59 Å². The first-order valence-corrected chi connectivity index (χ1v) is 6.76. The minimum absolute atomic E-state index is 0.437. The fourth-order valence-corrected chi connectivity index (χ4v) is 1.69. The Morgan fingerprint density at radius 3 is 1.39 bits per heavy atom. The third-order valence-corrected chi connectivity index (χ3v) is 2.77. The first kappa shape index (κ1) is 16.0. The van der Waals surface area contributed by atoms with Crippen molar-refractivity contribution in [3.05, 3.63) is 73.8 Å². The number of hydrogen-bond acceptors (Lipinski definition) is 5. The van der Waals surface area contributed by atoms with Gasteiger partial charge in [0.15, 0.2) is 0 Å². The molecular formula is C18H15NO4. The molecule has 0 aliphatic rings. The van der Waals surface area contributed by atoms with Crippen LogP contribution < -0.4 is 14.8 Å². The lowest BCUT2D eigenvalue weighted by Gasteiger charge is -2.08. The molecule has 116 valence electrons. The van der Waals surface area contributed by atoms with Crippen LogP contribution in [0, 0.1) is 0 Å². The Bertz CT molecular complexity index is 654. The summed E-state index contributed by atoms with van der Waals surface area (Å²) in [6, 6.07) is 13.8. The monoisotopic (exact) mass is 309 g/mol. The predicted octanol–water partition coefficient (Wildman–Crippen LogP) is 3.61. The molecule has 0 saturated heterocycles. The molecule has 0 atom stereocenters. The van der Waals surface area contributed by atoms with Crippen LogP contribution in [0.5, 0.6) is 11.5 Å². The molecule has 0 radical (unpaired) electrons. The molecule has 0 amide bonds. The highest BCUT2D eigenvalue weighted by atomic mass is 16.5. The maximum Gasteiger partial charge on any atom is 0.335 e. The number of hydrogen-bond donors (Lipinski definition) is 1. The summed E-state index contributed by atoms with van der Waals surface area (Å²) >= 11 is 0. The van der Waals surface area contributed by atoms with Crippen molar-refractivity contribution in [2.75, 3.05) is 5.32 Å². The number of benzene rings is 2. The first-order chi connectivity index (χ1) is 11.1. The molecule has 0 aliphatic carbocycles. The number of ether oxygens (including phenoxy) is 2. The molecule has 0 saturated carbocycles. The van der Waals surface area contributed by atoms with Gasteiger partial charge in [-0.3, -0.25) is 0 Å². The normalized spacial score (nSPS) is 9.57. The van der Waals surface area contributed by atoms with Crippen molar-refractivity contribution in [1.82, 2.24) is 0 Å². The highest BCUT2D eigenvalue weighted by Crippen LogP contribution is 2.22. The van der Waals surface area contributed by atoms with Gasteiger partial charge < -0.3 is 14.8 Å². The first-order valence-electron chi connectivity index (χ1n) is 6.76. The van der Waals surface area contributed by atoms with Crippen molar-refractivity contribution in [1.29, 1.82) is 0 Å². The van der Waals surface area contributed by atoms with E-state index >= 15 is 0 Å². The van der Waals surface area contributed by atoms with E-state index in [4.69, 9.17) is 9.47 Å². The minimum atomic E-state index is -0.504. The van der Waals surface area contributed by atoms with E-state index in [2.05, 4.69) is 18.5 Å². The maximum atomic E-state index is 11.1. The molecule has 0 aliphatic heterocycles. The van der Waals surface area contributed by atoms with Gasteiger partial charge in [0.1, 0.15) is 11.5 Å². The Morgan fingerprint density at radius 2 is 1.09 bits per heavy atom. The van der Waals surface area contributed by atoms with Crippen molar-refractivity contribution in [3.8, 4) is 11.5 Å². The van der Waals surface area contributed by atoms with Crippen LogP contribution >= 0.6 is 0 Å². The fourth-order valence-electron chi connectivity index (χ4n) is 1.69. The Labute approximate surface area is 133 Å². The Hall–Kier alpha value is -3.34. The van der Waals surface area contributed by atoms with Gasteiger partial charge in [-0.25, -0.2) is 9.59 Å². The van der Waals surface area contributed by atoms with Crippen LogP contribution in [0.2, 0.25) is 0 Å². The molecule has 0 bridgehead atoms. The molecule has 5 heteroatoms. The highest BCUT2D eigenvalue weighted by Gasteiger charge is 2.02. The van der Waals surface area contributed by atoms with E-state index in [1.807, 2.05) is 0 Å². The van der Waals surface area contributed by atoms with Gasteiger partial charge in [0.05, 0.1) is 0 Å². The number of anilines is 2. The summed E-state index contributed by atoms with van der Waals surface area (Å²) in [7, 11) is 0. The largest absolute Gasteiger partial charge is 0.423 e. The summed E-state index contributed by atoms with van der Waals surface area (Å²) in [5, 5.41) is 3.17. The van der Waals surface area contributed by atoms with Crippen LogP contribution in [0.1, 0.15) is 0 Å². The van der Waals surface area contributed by atoms with Crippen molar-refractivity contribution in [2.45, 2.75) is 0 Å². The predicted molar refractivity (Wildman–Crippen MR) is 87.8 cm³/mol. The highest BCUT2D eigenvalue weighted by molar-refractivity contribution is 5.84. The number of nitrogens with one attached hydrogen (secondary N) is 1. The van der Waals surface area contributed by atoms with E-state index in [-0.39, 0.29) is 0 Å². The van der Waals surface area contributed by atoms with E-state index in [0.717, 1.165) is 23.5 Å². The maximum absolute atomic E-state index is 11.1. The van der Waals surface area contributed by atoms with Crippen molar-refractivity contribution >= 4 is 23.3 Å². The van der Waals surface area contributed by atoms with Crippen LogP contribution in [0.4, 0.5) is 11.4 Å². The van der Waals surface area contributed by atoms with Gasteiger partial charge in [0, 0.05) is 23.5 Å². The molecule has 0 fully saturated rings. The van der Waals surface area contributed by atoms with Crippen molar-refractivity contribution in [3.63, 3.8) is 0 Å². The summed E-state index contributed by atoms with van der Waals surface area (Å²) in [5.74, 6) is -0.134. The smallest absolute Gasteiger partial charge is 0.335 e. The van der Waals surface area contributed by atoms with E-state index in [1.165, 1.54) is 0 Å². The second-order valence-electron chi connectivity index (χ2n) is 4.42. The van der Waals surface area contributed by atoms with Crippen molar-refractivity contribution < 1.29 is 19.1 Å². The molecular weight excluding hydrogens is 294 g/mol. The number of carbonyl (C=O) groups excluding carboxylic acids is 2. The molecule has 0 aromatic heterocycles. The van der Waals surface area contributed by atoms with Crippen LogP contribution in [0.3, 0.4) is 0 Å². The average molecular weight is 309 g/mol. The number of esters is 2. The molecule has 2 rings (SSSR count). The van der Waals surface area contributed by atoms with Crippen LogP contribution in [-0.4, -0.2) is 11.9 Å². The molecule has 0 spiro atoms. The molecule has 1 N–H and O–H groups in total. The van der Waals surface area contributed by atoms with E-state index < -0.39 is 11.9 Å². The fraction of sp³-hybridized carbons (Fsp3) is 0. The second kappa shape index (κ2) is 7.61. The summed E-state index contributed by atoms with van der Waals surface area (Å²) in [6.07, 6.45) is 2.21. The zero-order valence-corrected chi connectivity index (χ0v) is 12.3.